The second kappa shape index (κ2) is 9.05. The number of esters is 1. The van der Waals surface area contributed by atoms with Crippen molar-refractivity contribution in [1.29, 1.82) is 0 Å². The van der Waals surface area contributed by atoms with Crippen LogP contribution in [0.4, 0.5) is 11.4 Å². The molecule has 10 heteroatoms. The van der Waals surface area contributed by atoms with Gasteiger partial charge in [0.15, 0.2) is 6.61 Å². The summed E-state index contributed by atoms with van der Waals surface area (Å²) in [6.45, 7) is -0.359. The first-order valence-electron chi connectivity index (χ1n) is 10.9. The Morgan fingerprint density at radius 2 is 1.75 bits per heavy atom. The van der Waals surface area contributed by atoms with Crippen LogP contribution in [-0.4, -0.2) is 35.9 Å². The number of nitrogens with one attached hydrogen (secondary N) is 2. The molecule has 1 aromatic carbocycles. The zero-order chi connectivity index (χ0) is 22.9. The predicted molar refractivity (Wildman–Crippen MR) is 116 cm³/mol. The first kappa shape index (κ1) is 22.5. The lowest BCUT2D eigenvalue weighted by atomic mass is 9.49. The molecular formula is C22H26ClN3O6. The van der Waals surface area contributed by atoms with Crippen LogP contribution < -0.4 is 10.6 Å². The highest BCUT2D eigenvalue weighted by Crippen LogP contribution is 2.60. The molecule has 0 spiro atoms. The fourth-order valence-electron chi connectivity index (χ4n) is 6.00. The van der Waals surface area contributed by atoms with Crippen molar-refractivity contribution in [3.63, 3.8) is 0 Å². The molecule has 0 atom stereocenters. The van der Waals surface area contributed by atoms with Gasteiger partial charge >= 0.3 is 5.97 Å². The van der Waals surface area contributed by atoms with Crippen molar-refractivity contribution in [2.24, 2.45) is 23.2 Å². The van der Waals surface area contributed by atoms with Crippen LogP contribution in [0.3, 0.4) is 0 Å². The molecule has 1 aromatic rings. The van der Waals surface area contributed by atoms with Crippen molar-refractivity contribution in [2.45, 2.75) is 44.9 Å². The van der Waals surface area contributed by atoms with Gasteiger partial charge in [0, 0.05) is 23.7 Å². The van der Waals surface area contributed by atoms with Crippen LogP contribution in [-0.2, 0) is 19.1 Å². The molecule has 0 aliphatic heterocycles. The molecule has 0 heterocycles. The molecule has 4 aliphatic carbocycles. The molecule has 4 aliphatic rings. The number of hydrogen-bond acceptors (Lipinski definition) is 6. The van der Waals surface area contributed by atoms with E-state index in [-0.39, 0.29) is 40.7 Å². The standard InChI is InChI=1S/C22H26ClN3O6/c23-17-2-1-16(8-18(17)26(30)31)25-19(27)12-32-20(28)3-4-24-21(29)22-9-13-5-14(10-22)7-15(6-13)11-22/h1-2,8,13-15H,3-7,9-12H2,(H,24,29)(H,25,27). The molecule has 9 nitrogen and oxygen atoms in total. The molecule has 2 N–H and O–H groups in total. The van der Waals surface area contributed by atoms with Crippen molar-refractivity contribution in [1.82, 2.24) is 5.32 Å². The van der Waals surface area contributed by atoms with Gasteiger partial charge in [-0.3, -0.25) is 24.5 Å². The predicted octanol–water partition coefficient (Wildman–Crippen LogP) is 3.45. The fourth-order valence-corrected chi connectivity index (χ4v) is 6.19. The van der Waals surface area contributed by atoms with Gasteiger partial charge in [0.1, 0.15) is 5.02 Å². The third kappa shape index (κ3) is 4.87. The molecular weight excluding hydrogens is 438 g/mol. The number of amides is 2. The smallest absolute Gasteiger partial charge is 0.308 e. The second-order valence-electron chi connectivity index (χ2n) is 9.34. The van der Waals surface area contributed by atoms with E-state index in [0.717, 1.165) is 25.3 Å². The Morgan fingerprint density at radius 3 is 2.34 bits per heavy atom. The first-order chi connectivity index (χ1) is 15.2. The number of halogens is 1. The minimum atomic E-state index is -0.657. The number of nitrogens with zero attached hydrogens (tertiary/aromatic N) is 1. The number of benzene rings is 1. The van der Waals surface area contributed by atoms with Crippen molar-refractivity contribution in [3.8, 4) is 0 Å². The number of carbonyl (C=O) groups excluding carboxylic acids is 3. The van der Waals surface area contributed by atoms with Crippen LogP contribution in [0, 0.1) is 33.3 Å². The van der Waals surface area contributed by atoms with Crippen molar-refractivity contribution < 1.29 is 24.0 Å². The number of rotatable bonds is 8. The molecule has 172 valence electrons. The quantitative estimate of drug-likeness (QED) is 0.345. The third-order valence-electron chi connectivity index (χ3n) is 6.93. The summed E-state index contributed by atoms with van der Waals surface area (Å²) < 4.78 is 4.95. The molecule has 4 saturated carbocycles. The van der Waals surface area contributed by atoms with Crippen LogP contribution in [0.5, 0.6) is 0 Å². The van der Waals surface area contributed by atoms with E-state index in [2.05, 4.69) is 10.6 Å². The largest absolute Gasteiger partial charge is 0.456 e. The average molecular weight is 464 g/mol. The highest BCUT2D eigenvalue weighted by molar-refractivity contribution is 6.32. The summed E-state index contributed by atoms with van der Waals surface area (Å²) in [4.78, 5) is 47.0. The summed E-state index contributed by atoms with van der Waals surface area (Å²) >= 11 is 5.73. The minimum absolute atomic E-state index is 0.0300. The van der Waals surface area contributed by atoms with Gasteiger partial charge in [0.2, 0.25) is 5.91 Å². The molecule has 2 amide bonds. The summed E-state index contributed by atoms with van der Waals surface area (Å²) in [5.74, 6) is 0.805. The van der Waals surface area contributed by atoms with Crippen LogP contribution in [0.2, 0.25) is 5.02 Å². The van der Waals surface area contributed by atoms with Crippen molar-refractivity contribution >= 4 is 40.8 Å². The Morgan fingerprint density at radius 1 is 1.12 bits per heavy atom. The van der Waals surface area contributed by atoms with E-state index in [1.807, 2.05) is 0 Å². The number of ether oxygens (including phenoxy) is 1. The number of nitro benzene ring substituents is 1. The second-order valence-corrected chi connectivity index (χ2v) is 9.74. The van der Waals surface area contributed by atoms with E-state index in [1.54, 1.807) is 0 Å². The van der Waals surface area contributed by atoms with Gasteiger partial charge in [0.25, 0.3) is 11.6 Å². The van der Waals surface area contributed by atoms with Gasteiger partial charge in [-0.05, 0) is 68.4 Å². The number of nitro groups is 1. The molecule has 4 fully saturated rings. The molecule has 0 aromatic heterocycles. The van der Waals surface area contributed by atoms with Gasteiger partial charge in [-0.25, -0.2) is 0 Å². The summed E-state index contributed by atoms with van der Waals surface area (Å²) in [6, 6.07) is 3.84. The zero-order valence-corrected chi connectivity index (χ0v) is 18.4. The Hall–Kier alpha value is -2.68. The maximum absolute atomic E-state index is 12.9. The Labute approximate surface area is 190 Å². The topological polar surface area (TPSA) is 128 Å². The van der Waals surface area contributed by atoms with Crippen LogP contribution in [0.1, 0.15) is 44.9 Å². The Kier molecular flexibility index (Phi) is 6.37. The van der Waals surface area contributed by atoms with E-state index in [9.17, 15) is 24.5 Å². The van der Waals surface area contributed by atoms with Gasteiger partial charge in [-0.15, -0.1) is 0 Å². The summed E-state index contributed by atoms with van der Waals surface area (Å²) in [5.41, 5.74) is -0.430. The Balaban J connectivity index is 1.18. The molecule has 0 radical (unpaired) electrons. The van der Waals surface area contributed by atoms with E-state index in [4.69, 9.17) is 16.3 Å². The van der Waals surface area contributed by atoms with Gasteiger partial charge in [0.05, 0.1) is 11.3 Å². The van der Waals surface area contributed by atoms with Crippen molar-refractivity contribution in [2.75, 3.05) is 18.5 Å². The van der Waals surface area contributed by atoms with E-state index < -0.39 is 23.4 Å². The van der Waals surface area contributed by atoms with Crippen LogP contribution in [0.15, 0.2) is 18.2 Å². The average Bonchev–Trinajstić information content (AvgIpc) is 2.72. The van der Waals surface area contributed by atoms with E-state index in [1.165, 1.54) is 31.4 Å². The highest BCUT2D eigenvalue weighted by atomic mass is 35.5. The van der Waals surface area contributed by atoms with Crippen molar-refractivity contribution in [3.05, 3.63) is 33.3 Å². The van der Waals surface area contributed by atoms with E-state index >= 15 is 0 Å². The summed E-state index contributed by atoms with van der Waals surface area (Å²) in [5, 5.41) is 16.2. The van der Waals surface area contributed by atoms with Crippen LogP contribution >= 0.6 is 11.6 Å². The lowest BCUT2D eigenvalue weighted by molar-refractivity contribution is -0.384. The number of carbonyl (C=O) groups is 3. The molecule has 5 rings (SSSR count). The minimum Gasteiger partial charge on any atom is -0.456 e. The summed E-state index contributed by atoms with van der Waals surface area (Å²) in [7, 11) is 0. The monoisotopic (exact) mass is 463 g/mol. The van der Waals surface area contributed by atoms with Gasteiger partial charge < -0.3 is 15.4 Å². The number of anilines is 1. The molecule has 0 unspecified atom stereocenters. The van der Waals surface area contributed by atoms with E-state index in [0.29, 0.717) is 17.8 Å². The van der Waals surface area contributed by atoms with Gasteiger partial charge in [-0.2, -0.15) is 0 Å². The zero-order valence-electron chi connectivity index (χ0n) is 17.6. The van der Waals surface area contributed by atoms with Gasteiger partial charge in [-0.1, -0.05) is 11.6 Å². The lowest BCUT2D eigenvalue weighted by Gasteiger charge is -2.55. The maximum Gasteiger partial charge on any atom is 0.308 e. The van der Waals surface area contributed by atoms with Crippen LogP contribution in [0.25, 0.3) is 0 Å². The normalized spacial score (nSPS) is 27.6. The molecule has 32 heavy (non-hydrogen) atoms. The maximum atomic E-state index is 12.9. The first-order valence-corrected chi connectivity index (χ1v) is 11.3. The Bertz CT molecular complexity index is 914. The molecule has 0 saturated heterocycles. The third-order valence-corrected chi connectivity index (χ3v) is 7.25. The molecule has 4 bridgehead atoms. The summed E-state index contributed by atoms with van der Waals surface area (Å²) in [6.07, 6.45) is 6.60. The highest BCUT2D eigenvalue weighted by Gasteiger charge is 2.54. The number of hydrogen-bond donors (Lipinski definition) is 2. The lowest BCUT2D eigenvalue weighted by Crippen LogP contribution is -2.53. The SMILES string of the molecule is O=C(COC(=O)CCNC(=O)C12CC3CC(CC(C3)C1)C2)Nc1ccc(Cl)c([N+](=O)[O-])c1. The fraction of sp³-hybridized carbons (Fsp3) is 0.591.